The Balaban J connectivity index is 2.53. The molecule has 5 nitrogen and oxygen atoms in total. The fraction of sp³-hybridized carbons (Fsp3) is 0.467. The summed E-state index contributed by atoms with van der Waals surface area (Å²) in [5.74, 6) is -1.36. The molecule has 0 saturated carbocycles. The van der Waals surface area contributed by atoms with Crippen molar-refractivity contribution in [2.45, 2.75) is 26.3 Å². The molecule has 20 heavy (non-hydrogen) atoms. The van der Waals surface area contributed by atoms with Crippen LogP contribution < -0.4 is 5.11 Å². The second kappa shape index (κ2) is 9.09. The van der Waals surface area contributed by atoms with Gasteiger partial charge in [0.1, 0.15) is 0 Å². The van der Waals surface area contributed by atoms with Crippen molar-refractivity contribution in [3.05, 3.63) is 35.9 Å². The number of hydrogen-bond donors (Lipinski definition) is 0. The van der Waals surface area contributed by atoms with Crippen LogP contribution in [-0.4, -0.2) is 36.5 Å². The number of carboxylic acids is 1. The van der Waals surface area contributed by atoms with E-state index >= 15 is 0 Å². The fourth-order valence-corrected chi connectivity index (χ4v) is 1.89. The predicted octanol–water partition coefficient (Wildman–Crippen LogP) is 0.582. The van der Waals surface area contributed by atoms with E-state index in [0.29, 0.717) is 26.1 Å². The molecule has 0 aromatic heterocycles. The van der Waals surface area contributed by atoms with Crippen molar-refractivity contribution in [3.8, 4) is 0 Å². The Hall–Kier alpha value is -1.88. The van der Waals surface area contributed by atoms with E-state index in [-0.39, 0.29) is 18.9 Å². The molecule has 0 unspecified atom stereocenters. The Labute approximate surface area is 119 Å². The lowest BCUT2D eigenvalue weighted by Gasteiger charge is -2.21. The smallest absolute Gasteiger partial charge is 0.320 e. The van der Waals surface area contributed by atoms with E-state index < -0.39 is 5.97 Å². The van der Waals surface area contributed by atoms with Gasteiger partial charge in [0.2, 0.25) is 0 Å². The van der Waals surface area contributed by atoms with E-state index in [2.05, 4.69) is 0 Å². The van der Waals surface area contributed by atoms with Crippen LogP contribution in [0.4, 0.5) is 0 Å². The first-order chi connectivity index (χ1) is 9.61. The van der Waals surface area contributed by atoms with Gasteiger partial charge in [-0.05, 0) is 31.9 Å². The molecule has 0 spiro atoms. The highest BCUT2D eigenvalue weighted by Crippen LogP contribution is 2.06. The van der Waals surface area contributed by atoms with Crippen LogP contribution in [0.25, 0.3) is 0 Å². The number of carbonyl (C=O) groups is 2. The topological polar surface area (TPSA) is 69.7 Å². The Morgan fingerprint density at radius 3 is 2.55 bits per heavy atom. The molecule has 1 rings (SSSR count). The summed E-state index contributed by atoms with van der Waals surface area (Å²) in [6, 6.07) is 9.72. The van der Waals surface area contributed by atoms with Crippen LogP contribution in [0.15, 0.2) is 30.3 Å². The van der Waals surface area contributed by atoms with Gasteiger partial charge >= 0.3 is 5.97 Å². The minimum atomic E-state index is -1.07. The molecule has 1 aromatic rings. The van der Waals surface area contributed by atoms with Crippen molar-refractivity contribution in [3.63, 3.8) is 0 Å². The quantitative estimate of drug-likeness (QED) is 0.618. The zero-order valence-corrected chi connectivity index (χ0v) is 11.7. The Morgan fingerprint density at radius 2 is 1.95 bits per heavy atom. The van der Waals surface area contributed by atoms with Crippen molar-refractivity contribution < 1.29 is 19.4 Å². The lowest BCUT2D eigenvalue weighted by Crippen LogP contribution is -2.32. The number of rotatable bonds is 9. The number of esters is 1. The predicted molar refractivity (Wildman–Crippen MR) is 72.6 cm³/mol. The highest BCUT2D eigenvalue weighted by atomic mass is 16.5. The van der Waals surface area contributed by atoms with E-state index in [9.17, 15) is 14.7 Å². The molecule has 1 aromatic carbocycles. The largest absolute Gasteiger partial charge is 0.550 e. The monoisotopic (exact) mass is 278 g/mol. The molecule has 0 aliphatic carbocycles. The van der Waals surface area contributed by atoms with Crippen molar-refractivity contribution >= 4 is 11.9 Å². The first kappa shape index (κ1) is 16.2. The van der Waals surface area contributed by atoms with Crippen molar-refractivity contribution in [2.75, 3.05) is 19.7 Å². The number of carboxylic acid groups (broad SMARTS) is 1. The SMILES string of the molecule is CCOC(=O)CN(CCCC(=O)[O-])Cc1ccccc1. The van der Waals surface area contributed by atoms with Gasteiger partial charge in [0.15, 0.2) is 0 Å². The van der Waals surface area contributed by atoms with E-state index in [0.717, 1.165) is 5.56 Å². The molecule has 0 saturated heterocycles. The number of hydrogen-bond acceptors (Lipinski definition) is 5. The van der Waals surface area contributed by atoms with Crippen LogP contribution >= 0.6 is 0 Å². The second-order valence-corrected chi connectivity index (χ2v) is 4.48. The van der Waals surface area contributed by atoms with E-state index in [1.807, 2.05) is 35.2 Å². The molecule has 0 heterocycles. The number of nitrogens with zero attached hydrogens (tertiary/aromatic N) is 1. The van der Waals surface area contributed by atoms with Gasteiger partial charge in [-0.1, -0.05) is 30.3 Å². The summed E-state index contributed by atoms with van der Waals surface area (Å²) in [5.41, 5.74) is 1.07. The van der Waals surface area contributed by atoms with Crippen LogP contribution in [0, 0.1) is 0 Å². The Kier molecular flexibility index (Phi) is 7.35. The van der Waals surface area contributed by atoms with Crippen LogP contribution in [-0.2, 0) is 20.9 Å². The lowest BCUT2D eigenvalue weighted by molar-refractivity contribution is -0.305. The van der Waals surface area contributed by atoms with Gasteiger partial charge in [0.05, 0.1) is 13.2 Å². The van der Waals surface area contributed by atoms with Crippen molar-refractivity contribution in [1.29, 1.82) is 0 Å². The summed E-state index contributed by atoms with van der Waals surface area (Å²) in [6.07, 6.45) is 0.447. The molecule has 0 atom stereocenters. The third kappa shape index (κ3) is 6.89. The Morgan fingerprint density at radius 1 is 1.25 bits per heavy atom. The molecule has 0 amide bonds. The van der Waals surface area contributed by atoms with Crippen LogP contribution in [0.1, 0.15) is 25.3 Å². The minimum absolute atomic E-state index is 0.00584. The Bertz CT molecular complexity index is 419. The van der Waals surface area contributed by atoms with Crippen LogP contribution in [0.3, 0.4) is 0 Å². The van der Waals surface area contributed by atoms with Gasteiger partial charge in [-0.3, -0.25) is 9.69 Å². The van der Waals surface area contributed by atoms with E-state index in [1.54, 1.807) is 6.92 Å². The minimum Gasteiger partial charge on any atom is -0.550 e. The van der Waals surface area contributed by atoms with Gasteiger partial charge in [0, 0.05) is 12.5 Å². The molecular weight excluding hydrogens is 258 g/mol. The maximum absolute atomic E-state index is 11.5. The molecule has 0 radical (unpaired) electrons. The second-order valence-electron chi connectivity index (χ2n) is 4.48. The number of aliphatic carboxylic acids is 1. The summed E-state index contributed by atoms with van der Waals surface area (Å²) >= 11 is 0. The molecule has 0 aliphatic rings. The third-order valence-electron chi connectivity index (χ3n) is 2.76. The highest BCUT2D eigenvalue weighted by Gasteiger charge is 2.11. The van der Waals surface area contributed by atoms with Gasteiger partial charge in [0.25, 0.3) is 0 Å². The van der Waals surface area contributed by atoms with Crippen molar-refractivity contribution in [1.82, 2.24) is 4.90 Å². The average Bonchev–Trinajstić information content (AvgIpc) is 2.39. The summed E-state index contributed by atoms with van der Waals surface area (Å²) in [5, 5.41) is 10.4. The molecule has 0 aliphatic heterocycles. The molecular formula is C15H20NO4-. The summed E-state index contributed by atoms with van der Waals surface area (Å²) < 4.78 is 4.93. The lowest BCUT2D eigenvalue weighted by atomic mass is 10.2. The summed E-state index contributed by atoms with van der Waals surface area (Å²) in [7, 11) is 0. The standard InChI is InChI=1S/C15H21NO4/c1-2-20-15(19)12-16(10-6-9-14(17)18)11-13-7-4-3-5-8-13/h3-5,7-8H,2,6,9-12H2,1H3,(H,17,18)/p-1. The normalized spacial score (nSPS) is 10.5. The molecule has 110 valence electrons. The summed E-state index contributed by atoms with van der Waals surface area (Å²) in [4.78, 5) is 23.9. The first-order valence-corrected chi connectivity index (χ1v) is 6.73. The third-order valence-corrected chi connectivity index (χ3v) is 2.76. The number of carbonyl (C=O) groups excluding carboxylic acids is 2. The number of ether oxygens (including phenoxy) is 1. The molecule has 0 bridgehead atoms. The average molecular weight is 278 g/mol. The molecule has 5 heteroatoms. The van der Waals surface area contributed by atoms with Crippen LogP contribution in [0.2, 0.25) is 0 Å². The van der Waals surface area contributed by atoms with Gasteiger partial charge in [-0.25, -0.2) is 0 Å². The zero-order chi connectivity index (χ0) is 14.8. The van der Waals surface area contributed by atoms with E-state index in [1.165, 1.54) is 0 Å². The van der Waals surface area contributed by atoms with Crippen LogP contribution in [0.5, 0.6) is 0 Å². The zero-order valence-electron chi connectivity index (χ0n) is 11.7. The first-order valence-electron chi connectivity index (χ1n) is 6.73. The van der Waals surface area contributed by atoms with Gasteiger partial charge in [-0.15, -0.1) is 0 Å². The maximum Gasteiger partial charge on any atom is 0.320 e. The summed E-state index contributed by atoms with van der Waals surface area (Å²) in [6.45, 7) is 3.37. The van der Waals surface area contributed by atoms with Crippen molar-refractivity contribution in [2.24, 2.45) is 0 Å². The fourth-order valence-electron chi connectivity index (χ4n) is 1.89. The number of benzene rings is 1. The van der Waals surface area contributed by atoms with Gasteiger partial charge in [-0.2, -0.15) is 0 Å². The molecule has 0 N–H and O–H groups in total. The maximum atomic E-state index is 11.5. The highest BCUT2D eigenvalue weighted by molar-refractivity contribution is 5.71. The van der Waals surface area contributed by atoms with Gasteiger partial charge < -0.3 is 14.6 Å². The molecule has 0 fully saturated rings. The van der Waals surface area contributed by atoms with E-state index in [4.69, 9.17) is 4.74 Å².